The van der Waals surface area contributed by atoms with E-state index < -0.39 is 0 Å². The second-order valence-corrected chi connectivity index (χ2v) is 19.9. The van der Waals surface area contributed by atoms with E-state index in [2.05, 4.69) is 262 Å². The summed E-state index contributed by atoms with van der Waals surface area (Å²) in [5, 5.41) is 1.91. The smallest absolute Gasteiger partial charge is 0.159 e. The molecule has 0 aliphatic carbocycles. The van der Waals surface area contributed by atoms with E-state index in [-0.39, 0.29) is 0 Å². The van der Waals surface area contributed by atoms with Crippen molar-refractivity contribution in [3.63, 3.8) is 0 Å². The van der Waals surface area contributed by atoms with Gasteiger partial charge >= 0.3 is 0 Å². The van der Waals surface area contributed by atoms with Gasteiger partial charge in [-0.25, -0.2) is 0 Å². The zero-order valence-electron chi connectivity index (χ0n) is 38.7. The van der Waals surface area contributed by atoms with E-state index in [1.54, 1.807) is 24.3 Å². The summed E-state index contributed by atoms with van der Waals surface area (Å²) in [5.41, 5.74) is 16.6. The summed E-state index contributed by atoms with van der Waals surface area (Å²) >= 11 is 3.61. The quantitative estimate of drug-likeness (QED) is 0.142. The van der Waals surface area contributed by atoms with Crippen molar-refractivity contribution in [3.8, 4) is 11.1 Å². The molecule has 342 valence electrons. The van der Waals surface area contributed by atoms with Gasteiger partial charge in [-0.05, 0) is 139 Å². The highest BCUT2D eigenvalue weighted by Crippen LogP contribution is 2.56. The summed E-state index contributed by atoms with van der Waals surface area (Å²) in [6, 6.07) is 86.3. The second kappa shape index (κ2) is 17.5. The van der Waals surface area contributed by atoms with Gasteiger partial charge in [0, 0.05) is 75.7 Å². The molecule has 72 heavy (non-hydrogen) atoms. The zero-order valence-corrected chi connectivity index (χ0v) is 40.3. The Kier molecular flexibility index (Phi) is 10.3. The van der Waals surface area contributed by atoms with Crippen LogP contribution in [0, 0.1) is 0 Å². The minimum Gasteiger partial charge on any atom is -0.464 e. The third-order valence-electron chi connectivity index (χ3n) is 13.5. The molecular formula is C64H42N4O2S2. The van der Waals surface area contributed by atoms with Crippen LogP contribution in [0.1, 0.15) is 0 Å². The largest absolute Gasteiger partial charge is 0.464 e. The van der Waals surface area contributed by atoms with Crippen LogP contribution < -0.4 is 19.6 Å². The monoisotopic (exact) mass is 962 g/mol. The van der Waals surface area contributed by atoms with E-state index in [0.29, 0.717) is 0 Å². The topological polar surface area (TPSA) is 39.2 Å². The van der Waals surface area contributed by atoms with Crippen molar-refractivity contribution < 1.29 is 8.83 Å². The van der Waals surface area contributed by atoms with Crippen LogP contribution in [0.25, 0.3) is 33.1 Å². The van der Waals surface area contributed by atoms with Crippen LogP contribution in [0.5, 0.6) is 0 Å². The second-order valence-electron chi connectivity index (χ2n) is 17.7. The molecule has 12 aromatic rings. The average Bonchev–Trinajstić information content (AvgIpc) is 4.14. The molecule has 2 aliphatic rings. The molecule has 4 heterocycles. The van der Waals surface area contributed by atoms with Crippen molar-refractivity contribution in [2.75, 3.05) is 19.6 Å². The summed E-state index contributed by atoms with van der Waals surface area (Å²) in [7, 11) is 0. The molecule has 0 fully saturated rings. The highest BCUT2D eigenvalue weighted by Gasteiger charge is 2.30. The molecule has 0 spiro atoms. The van der Waals surface area contributed by atoms with Crippen LogP contribution in [0.4, 0.5) is 68.2 Å². The third-order valence-corrected chi connectivity index (χ3v) is 15.8. The molecule has 2 aliphatic heterocycles. The average molecular weight is 963 g/mol. The van der Waals surface area contributed by atoms with Crippen molar-refractivity contribution in [1.82, 2.24) is 0 Å². The van der Waals surface area contributed by atoms with Gasteiger partial charge in [0.05, 0.1) is 35.3 Å². The molecule has 8 heteroatoms. The number of hydrogen-bond acceptors (Lipinski definition) is 8. The summed E-state index contributed by atoms with van der Waals surface area (Å²) in [4.78, 5) is 14.2. The first-order chi connectivity index (χ1) is 35.7. The molecule has 2 aromatic heterocycles. The lowest BCUT2D eigenvalue weighted by atomic mass is 9.97. The molecule has 6 nitrogen and oxygen atoms in total. The Morgan fingerprint density at radius 2 is 0.736 bits per heavy atom. The van der Waals surface area contributed by atoms with Crippen LogP contribution in [-0.2, 0) is 0 Å². The molecule has 0 N–H and O–H groups in total. The molecule has 10 aromatic carbocycles. The molecule has 0 amide bonds. The van der Waals surface area contributed by atoms with E-state index in [1.807, 2.05) is 11.8 Å². The number of furan rings is 2. The van der Waals surface area contributed by atoms with E-state index in [9.17, 15) is 0 Å². The van der Waals surface area contributed by atoms with Crippen LogP contribution in [0.15, 0.2) is 284 Å². The molecule has 0 unspecified atom stereocenters. The predicted octanol–water partition coefficient (Wildman–Crippen LogP) is 19.7. The third kappa shape index (κ3) is 7.06. The molecule has 0 saturated carbocycles. The lowest BCUT2D eigenvalue weighted by molar-refractivity contribution is 0.613. The van der Waals surface area contributed by atoms with Gasteiger partial charge in [-0.1, -0.05) is 133 Å². The molecule has 0 radical (unpaired) electrons. The SMILES string of the molecule is c1ccc(N(c2ccc(-c3c4ccoc4c(N(c4ccccc4)c4ccc5c(c4)Sc4ccccc4N5c4ccccc4)c4ccoc34)cc2)c2ccc3c(c2)Sc2ccccc2N3c2ccccc2)cc1. The maximum Gasteiger partial charge on any atom is 0.159 e. The van der Waals surface area contributed by atoms with Crippen molar-refractivity contribution in [2.24, 2.45) is 0 Å². The number of rotatable bonds is 9. The van der Waals surface area contributed by atoms with Gasteiger partial charge in [-0.2, -0.15) is 0 Å². The summed E-state index contributed by atoms with van der Waals surface area (Å²) < 4.78 is 13.2. The minimum atomic E-state index is 0.775. The number of anilines is 12. The predicted molar refractivity (Wildman–Crippen MR) is 298 cm³/mol. The lowest BCUT2D eigenvalue weighted by Crippen LogP contribution is -2.16. The zero-order chi connectivity index (χ0) is 47.5. The number of benzene rings is 10. The van der Waals surface area contributed by atoms with Crippen LogP contribution in [-0.4, -0.2) is 0 Å². The van der Waals surface area contributed by atoms with Gasteiger partial charge in [0.25, 0.3) is 0 Å². The number of hydrogen-bond donors (Lipinski definition) is 0. The Bertz CT molecular complexity index is 3900. The molecule has 14 rings (SSSR count). The highest BCUT2D eigenvalue weighted by molar-refractivity contribution is 8.00. The van der Waals surface area contributed by atoms with Crippen molar-refractivity contribution in [1.29, 1.82) is 0 Å². The van der Waals surface area contributed by atoms with Crippen LogP contribution in [0.2, 0.25) is 0 Å². The molecule has 0 bridgehead atoms. The Balaban J connectivity index is 0.872. The van der Waals surface area contributed by atoms with Crippen molar-refractivity contribution in [3.05, 3.63) is 255 Å². The van der Waals surface area contributed by atoms with Crippen LogP contribution >= 0.6 is 23.5 Å². The van der Waals surface area contributed by atoms with E-state index in [0.717, 1.165) is 94.8 Å². The highest BCUT2D eigenvalue weighted by atomic mass is 32.2. The number of para-hydroxylation sites is 6. The van der Waals surface area contributed by atoms with Gasteiger partial charge in [0.15, 0.2) is 5.58 Å². The fraction of sp³-hybridized carbons (Fsp3) is 0. The fourth-order valence-corrected chi connectivity index (χ4v) is 12.6. The van der Waals surface area contributed by atoms with Crippen molar-refractivity contribution >= 4 is 114 Å². The fourth-order valence-electron chi connectivity index (χ4n) is 10.4. The summed E-state index contributed by atoms with van der Waals surface area (Å²) in [6.45, 7) is 0. The first-order valence-corrected chi connectivity index (χ1v) is 25.6. The lowest BCUT2D eigenvalue weighted by Gasteiger charge is -2.34. The first kappa shape index (κ1) is 42.1. The Labute approximate surface area is 425 Å². The number of nitrogens with zero attached hydrogens (tertiary/aromatic N) is 4. The summed E-state index contributed by atoms with van der Waals surface area (Å²) in [5.74, 6) is 0. The standard InChI is InChI=1S/C64H42N4O2S2/c1-5-17-44(18-6-1)65(49-33-35-55-59(41-49)71-57-27-15-13-25-53(57)67(55)46-21-9-3-10-22-46)48-31-29-43(30-32-48)61-51-37-39-70-64(51)62(52-38-40-69-63(52)61)66(45-19-7-2-8-20-45)50-34-36-56-60(42-50)72-58-28-16-14-26-54(58)68(56)47-23-11-4-12-24-47/h1-42H. The maximum absolute atomic E-state index is 6.62. The minimum absolute atomic E-state index is 0.775. The molecule has 0 saturated heterocycles. The normalized spacial score (nSPS) is 12.6. The Morgan fingerprint density at radius 3 is 1.29 bits per heavy atom. The first-order valence-electron chi connectivity index (χ1n) is 24.0. The van der Waals surface area contributed by atoms with Gasteiger partial charge in [-0.3, -0.25) is 0 Å². The van der Waals surface area contributed by atoms with Gasteiger partial charge in [-0.15, -0.1) is 0 Å². The van der Waals surface area contributed by atoms with E-state index >= 15 is 0 Å². The number of fused-ring (bicyclic) bond motifs is 6. The Hall–Kier alpha value is -8.82. The van der Waals surface area contributed by atoms with Gasteiger partial charge in [0.2, 0.25) is 0 Å². The van der Waals surface area contributed by atoms with Crippen molar-refractivity contribution in [2.45, 2.75) is 19.6 Å². The molecular weight excluding hydrogens is 921 g/mol. The van der Waals surface area contributed by atoms with E-state index in [4.69, 9.17) is 8.83 Å². The summed E-state index contributed by atoms with van der Waals surface area (Å²) in [6.07, 6.45) is 3.60. The molecule has 0 atom stereocenters. The maximum atomic E-state index is 6.62. The van der Waals surface area contributed by atoms with Gasteiger partial charge in [0.1, 0.15) is 11.3 Å². The van der Waals surface area contributed by atoms with Gasteiger partial charge < -0.3 is 28.4 Å². The van der Waals surface area contributed by atoms with E-state index in [1.165, 1.54) is 26.1 Å². The van der Waals surface area contributed by atoms with Crippen LogP contribution in [0.3, 0.4) is 0 Å². The Morgan fingerprint density at radius 1 is 0.319 bits per heavy atom.